The Kier molecular flexibility index (Phi) is 3.95. The molecule has 2 aromatic heterocycles. The van der Waals surface area contributed by atoms with Crippen LogP contribution in [0.2, 0.25) is 0 Å². The first kappa shape index (κ1) is 13.1. The number of aliphatic hydroxyl groups excluding tert-OH is 1. The minimum absolute atomic E-state index is 0.0752. The molecule has 3 N–H and O–H groups in total. The second-order valence-electron chi connectivity index (χ2n) is 5.07. The van der Waals surface area contributed by atoms with E-state index in [0.29, 0.717) is 0 Å². The fourth-order valence-electron chi connectivity index (χ4n) is 2.51. The first-order valence-corrected chi connectivity index (χ1v) is 7.05. The van der Waals surface area contributed by atoms with Gasteiger partial charge in [0, 0.05) is 29.0 Å². The van der Waals surface area contributed by atoms with Gasteiger partial charge in [0.1, 0.15) is 5.65 Å². The largest absolute Gasteiger partial charge is 0.392 e. The fraction of sp³-hybridized carbons (Fsp3) is 0.312. The van der Waals surface area contributed by atoms with E-state index in [1.807, 2.05) is 18.2 Å². The molecule has 1 aliphatic heterocycles. The SMILES string of the molecule is OC1CCCNC1.c1ccc2c(c1)[nH]c1ncccc12. The van der Waals surface area contributed by atoms with Crippen LogP contribution in [0.5, 0.6) is 0 Å². The molecular formula is C16H19N3O. The highest BCUT2D eigenvalue weighted by molar-refractivity contribution is 6.05. The van der Waals surface area contributed by atoms with Crippen molar-refractivity contribution in [2.75, 3.05) is 13.1 Å². The Morgan fingerprint density at radius 1 is 1.10 bits per heavy atom. The first-order chi connectivity index (χ1) is 9.84. The number of nitrogens with one attached hydrogen (secondary N) is 2. The van der Waals surface area contributed by atoms with E-state index in [2.05, 4.69) is 33.5 Å². The maximum atomic E-state index is 8.85. The van der Waals surface area contributed by atoms with Gasteiger partial charge in [-0.1, -0.05) is 18.2 Å². The van der Waals surface area contributed by atoms with Gasteiger partial charge in [0.15, 0.2) is 0 Å². The molecule has 104 valence electrons. The number of para-hydroxylation sites is 1. The van der Waals surface area contributed by atoms with Crippen molar-refractivity contribution in [1.82, 2.24) is 15.3 Å². The van der Waals surface area contributed by atoms with Crippen LogP contribution in [-0.2, 0) is 0 Å². The Morgan fingerprint density at radius 3 is 2.70 bits per heavy atom. The number of H-pyrrole nitrogens is 1. The predicted molar refractivity (Wildman–Crippen MR) is 81.7 cm³/mol. The van der Waals surface area contributed by atoms with Crippen molar-refractivity contribution in [2.24, 2.45) is 0 Å². The third-order valence-electron chi connectivity index (χ3n) is 3.55. The lowest BCUT2D eigenvalue weighted by atomic mass is 10.1. The monoisotopic (exact) mass is 269 g/mol. The molecule has 4 rings (SSSR count). The summed E-state index contributed by atoms with van der Waals surface area (Å²) in [6.07, 6.45) is 3.83. The third-order valence-corrected chi connectivity index (χ3v) is 3.55. The summed E-state index contributed by atoms with van der Waals surface area (Å²) in [6.45, 7) is 1.87. The zero-order valence-corrected chi connectivity index (χ0v) is 11.3. The number of hydrogen-bond donors (Lipinski definition) is 3. The number of fused-ring (bicyclic) bond motifs is 3. The second kappa shape index (κ2) is 6.03. The summed E-state index contributed by atoms with van der Waals surface area (Å²) >= 11 is 0. The summed E-state index contributed by atoms with van der Waals surface area (Å²) < 4.78 is 0. The number of piperidine rings is 1. The average Bonchev–Trinajstić information content (AvgIpc) is 2.87. The van der Waals surface area contributed by atoms with E-state index in [9.17, 15) is 0 Å². The number of nitrogens with zero attached hydrogens (tertiary/aromatic N) is 1. The van der Waals surface area contributed by atoms with E-state index in [-0.39, 0.29) is 6.10 Å². The van der Waals surface area contributed by atoms with E-state index in [4.69, 9.17) is 5.11 Å². The average molecular weight is 269 g/mol. The topological polar surface area (TPSA) is 60.9 Å². The molecule has 0 radical (unpaired) electrons. The van der Waals surface area contributed by atoms with Crippen molar-refractivity contribution in [1.29, 1.82) is 0 Å². The van der Waals surface area contributed by atoms with Gasteiger partial charge in [-0.3, -0.25) is 0 Å². The van der Waals surface area contributed by atoms with Gasteiger partial charge in [-0.15, -0.1) is 0 Å². The molecule has 3 aromatic rings. The van der Waals surface area contributed by atoms with Gasteiger partial charge in [-0.25, -0.2) is 4.98 Å². The van der Waals surface area contributed by atoms with E-state index >= 15 is 0 Å². The number of hydrogen-bond acceptors (Lipinski definition) is 3. The number of rotatable bonds is 0. The molecule has 0 aliphatic carbocycles. The third kappa shape index (κ3) is 2.81. The van der Waals surface area contributed by atoms with Crippen molar-refractivity contribution < 1.29 is 5.11 Å². The summed E-state index contributed by atoms with van der Waals surface area (Å²) in [5.74, 6) is 0. The van der Waals surface area contributed by atoms with E-state index in [1.54, 1.807) is 6.20 Å². The highest BCUT2D eigenvalue weighted by atomic mass is 16.3. The van der Waals surface area contributed by atoms with Gasteiger partial charge in [0.05, 0.1) is 6.10 Å². The minimum atomic E-state index is -0.0752. The van der Waals surface area contributed by atoms with Crippen molar-refractivity contribution in [3.8, 4) is 0 Å². The number of pyridine rings is 1. The Balaban J connectivity index is 0.000000147. The zero-order valence-electron chi connectivity index (χ0n) is 11.3. The van der Waals surface area contributed by atoms with E-state index in [1.165, 1.54) is 10.8 Å². The molecule has 4 heteroatoms. The Labute approximate surface area is 117 Å². The number of aliphatic hydroxyl groups is 1. The molecule has 0 bridgehead atoms. The molecule has 1 saturated heterocycles. The second-order valence-corrected chi connectivity index (χ2v) is 5.07. The Bertz CT molecular complexity index is 636. The molecule has 1 unspecified atom stereocenters. The Hall–Kier alpha value is -1.91. The van der Waals surface area contributed by atoms with Crippen LogP contribution in [-0.4, -0.2) is 34.3 Å². The molecule has 1 fully saturated rings. The molecule has 0 saturated carbocycles. The molecule has 1 aromatic carbocycles. The maximum absolute atomic E-state index is 8.85. The predicted octanol–water partition coefficient (Wildman–Crippen LogP) is 2.45. The summed E-state index contributed by atoms with van der Waals surface area (Å²) in [4.78, 5) is 7.53. The molecule has 1 aliphatic rings. The molecular weight excluding hydrogens is 250 g/mol. The molecule has 20 heavy (non-hydrogen) atoms. The lowest BCUT2D eigenvalue weighted by Crippen LogP contribution is -2.33. The van der Waals surface area contributed by atoms with Crippen LogP contribution in [0.15, 0.2) is 42.6 Å². The van der Waals surface area contributed by atoms with Gasteiger partial charge >= 0.3 is 0 Å². The molecule has 0 spiro atoms. The number of aromatic amines is 1. The van der Waals surface area contributed by atoms with E-state index in [0.717, 1.165) is 37.1 Å². The number of β-amino-alcohol motifs (C(OH)–C–C–N with tert-alkyl or cyclic N) is 1. The number of benzene rings is 1. The van der Waals surface area contributed by atoms with Crippen LogP contribution in [0.1, 0.15) is 12.8 Å². The van der Waals surface area contributed by atoms with Crippen molar-refractivity contribution in [3.05, 3.63) is 42.6 Å². The quantitative estimate of drug-likeness (QED) is 0.587. The van der Waals surface area contributed by atoms with Crippen molar-refractivity contribution in [2.45, 2.75) is 18.9 Å². The van der Waals surface area contributed by atoms with Crippen LogP contribution in [0.25, 0.3) is 21.9 Å². The van der Waals surface area contributed by atoms with E-state index < -0.39 is 0 Å². The Morgan fingerprint density at radius 2 is 1.95 bits per heavy atom. The van der Waals surface area contributed by atoms with Crippen LogP contribution in [0.4, 0.5) is 0 Å². The van der Waals surface area contributed by atoms with Gasteiger partial charge < -0.3 is 15.4 Å². The summed E-state index contributed by atoms with van der Waals surface area (Å²) in [5, 5.41) is 14.4. The molecule has 0 amide bonds. The lowest BCUT2D eigenvalue weighted by molar-refractivity contribution is 0.142. The van der Waals surface area contributed by atoms with Gasteiger partial charge in [-0.05, 0) is 37.6 Å². The molecule has 4 nitrogen and oxygen atoms in total. The minimum Gasteiger partial charge on any atom is -0.392 e. The normalized spacial score (nSPS) is 18.8. The highest BCUT2D eigenvalue weighted by Gasteiger charge is 2.06. The maximum Gasteiger partial charge on any atom is 0.138 e. The first-order valence-electron chi connectivity index (χ1n) is 7.05. The van der Waals surface area contributed by atoms with Crippen LogP contribution in [0, 0.1) is 0 Å². The van der Waals surface area contributed by atoms with Crippen LogP contribution in [0.3, 0.4) is 0 Å². The summed E-state index contributed by atoms with van der Waals surface area (Å²) in [7, 11) is 0. The number of aromatic nitrogens is 2. The summed E-state index contributed by atoms with van der Waals surface area (Å²) in [6, 6.07) is 12.3. The van der Waals surface area contributed by atoms with Gasteiger partial charge in [0.2, 0.25) is 0 Å². The van der Waals surface area contributed by atoms with Crippen LogP contribution < -0.4 is 5.32 Å². The highest BCUT2D eigenvalue weighted by Crippen LogP contribution is 2.22. The van der Waals surface area contributed by atoms with Gasteiger partial charge in [0.25, 0.3) is 0 Å². The summed E-state index contributed by atoms with van der Waals surface area (Å²) in [5.41, 5.74) is 2.11. The van der Waals surface area contributed by atoms with Crippen molar-refractivity contribution >= 4 is 21.9 Å². The lowest BCUT2D eigenvalue weighted by Gasteiger charge is -2.16. The van der Waals surface area contributed by atoms with Crippen molar-refractivity contribution in [3.63, 3.8) is 0 Å². The van der Waals surface area contributed by atoms with Crippen LogP contribution >= 0.6 is 0 Å². The smallest absolute Gasteiger partial charge is 0.138 e. The molecule has 3 heterocycles. The van der Waals surface area contributed by atoms with Gasteiger partial charge in [-0.2, -0.15) is 0 Å². The zero-order chi connectivity index (χ0) is 13.8. The molecule has 1 atom stereocenters. The fourth-order valence-corrected chi connectivity index (χ4v) is 2.51. The standard InChI is InChI=1S/C11H8N2.C5H11NO/c1-2-6-10-8(4-1)9-5-3-7-12-11(9)13-10;7-5-2-1-3-6-4-5/h1-7H,(H,12,13);5-7H,1-4H2.